The summed E-state index contributed by atoms with van der Waals surface area (Å²) in [5, 5.41) is 2.88. The number of amides is 1. The third-order valence-electron chi connectivity index (χ3n) is 2.60. The molecule has 3 N–H and O–H groups in total. The number of alkyl carbamates (subject to hydrolysis) is 1. The lowest BCUT2D eigenvalue weighted by Crippen LogP contribution is -2.38. The van der Waals surface area contributed by atoms with Gasteiger partial charge < -0.3 is 15.8 Å². The first-order valence-electron chi connectivity index (χ1n) is 5.60. The minimum Gasteiger partial charge on any atom is -0.444 e. The first-order chi connectivity index (χ1) is 6.90. The summed E-state index contributed by atoms with van der Waals surface area (Å²) in [7, 11) is 0. The van der Waals surface area contributed by atoms with E-state index in [1.54, 1.807) is 0 Å². The van der Waals surface area contributed by atoms with Crippen molar-refractivity contribution in [1.29, 1.82) is 0 Å². The Balaban J connectivity index is 0.00000225. The number of ether oxygens (including phenoxy) is 1. The maximum atomic E-state index is 11.4. The van der Waals surface area contributed by atoms with Gasteiger partial charge in [-0.15, -0.1) is 12.4 Å². The van der Waals surface area contributed by atoms with E-state index < -0.39 is 5.60 Å². The maximum absolute atomic E-state index is 11.4. The molecule has 0 aromatic heterocycles. The summed E-state index contributed by atoms with van der Waals surface area (Å²) in [5.74, 6) is 0.560. The predicted octanol–water partition coefficient (Wildman–Crippen LogP) is 2.06. The van der Waals surface area contributed by atoms with Crippen molar-refractivity contribution in [2.75, 3.05) is 6.54 Å². The molecule has 0 aromatic carbocycles. The smallest absolute Gasteiger partial charge is 0.407 e. The molecule has 1 aliphatic carbocycles. The van der Waals surface area contributed by atoms with Crippen LogP contribution in [0.1, 0.15) is 40.0 Å². The van der Waals surface area contributed by atoms with E-state index >= 15 is 0 Å². The number of hydrogen-bond donors (Lipinski definition) is 2. The van der Waals surface area contributed by atoms with Crippen molar-refractivity contribution in [2.45, 2.75) is 51.7 Å². The molecule has 1 saturated carbocycles. The van der Waals surface area contributed by atoms with Crippen LogP contribution in [0.15, 0.2) is 0 Å². The van der Waals surface area contributed by atoms with Crippen LogP contribution in [0.5, 0.6) is 0 Å². The van der Waals surface area contributed by atoms with Crippen molar-refractivity contribution in [3.05, 3.63) is 0 Å². The Morgan fingerprint density at radius 2 is 2.06 bits per heavy atom. The van der Waals surface area contributed by atoms with Gasteiger partial charge in [0.05, 0.1) is 0 Å². The number of hydrogen-bond acceptors (Lipinski definition) is 3. The van der Waals surface area contributed by atoms with E-state index in [2.05, 4.69) is 5.32 Å². The lowest BCUT2D eigenvalue weighted by Gasteiger charge is -2.21. The molecule has 96 valence electrons. The topological polar surface area (TPSA) is 64.3 Å². The van der Waals surface area contributed by atoms with Gasteiger partial charge in [0.15, 0.2) is 0 Å². The zero-order chi connectivity index (χ0) is 11.5. The molecule has 1 aliphatic rings. The van der Waals surface area contributed by atoms with E-state index in [0.717, 1.165) is 19.3 Å². The zero-order valence-electron chi connectivity index (χ0n) is 10.3. The third-order valence-corrected chi connectivity index (χ3v) is 2.60. The van der Waals surface area contributed by atoms with Gasteiger partial charge in [-0.3, -0.25) is 0 Å². The van der Waals surface area contributed by atoms with Gasteiger partial charge in [-0.25, -0.2) is 4.79 Å². The van der Waals surface area contributed by atoms with Crippen LogP contribution in [-0.2, 0) is 4.74 Å². The number of rotatable bonds is 2. The van der Waals surface area contributed by atoms with Crippen LogP contribution < -0.4 is 11.1 Å². The fourth-order valence-corrected chi connectivity index (χ4v) is 1.89. The molecule has 1 fully saturated rings. The van der Waals surface area contributed by atoms with Crippen molar-refractivity contribution in [2.24, 2.45) is 11.7 Å². The highest BCUT2D eigenvalue weighted by atomic mass is 35.5. The minimum atomic E-state index is -0.421. The Kier molecular flexibility index (Phi) is 6.11. The van der Waals surface area contributed by atoms with Gasteiger partial charge in [-0.2, -0.15) is 0 Å². The molecular weight excluding hydrogens is 228 g/mol. The number of nitrogens with one attached hydrogen (secondary N) is 1. The predicted molar refractivity (Wildman–Crippen MR) is 66.8 cm³/mol. The van der Waals surface area contributed by atoms with Gasteiger partial charge >= 0.3 is 6.09 Å². The Labute approximate surface area is 104 Å². The second-order valence-corrected chi connectivity index (χ2v) is 5.26. The molecule has 5 heteroatoms. The normalized spacial score (nSPS) is 24.8. The summed E-state index contributed by atoms with van der Waals surface area (Å²) in [5.41, 5.74) is 5.16. The molecule has 0 unspecified atom stereocenters. The average Bonchev–Trinajstić information content (AvgIpc) is 2.48. The van der Waals surface area contributed by atoms with Gasteiger partial charge in [0.25, 0.3) is 0 Å². The summed E-state index contributed by atoms with van der Waals surface area (Å²) in [6.07, 6.45) is 2.79. The monoisotopic (exact) mass is 250 g/mol. The van der Waals surface area contributed by atoms with Crippen LogP contribution in [0.25, 0.3) is 0 Å². The molecule has 0 bridgehead atoms. The van der Waals surface area contributed by atoms with Gasteiger partial charge in [0.2, 0.25) is 0 Å². The standard InChI is InChI=1S/C11H22N2O2.ClH/c1-11(2,3)15-10(14)13-9-5-4-8(6-9)7-12;/h8-9H,4-7,12H2,1-3H3,(H,13,14);1H/t8-,9+;/m1./s1. The van der Waals surface area contributed by atoms with Crippen LogP contribution in [0, 0.1) is 5.92 Å². The first-order valence-corrected chi connectivity index (χ1v) is 5.60. The molecule has 0 heterocycles. The fraction of sp³-hybridized carbons (Fsp3) is 0.909. The molecule has 0 saturated heterocycles. The average molecular weight is 251 g/mol. The molecule has 4 nitrogen and oxygen atoms in total. The van der Waals surface area contributed by atoms with Crippen molar-refractivity contribution in [3.63, 3.8) is 0 Å². The van der Waals surface area contributed by atoms with Crippen LogP contribution in [0.4, 0.5) is 4.79 Å². The second-order valence-electron chi connectivity index (χ2n) is 5.26. The number of carbonyl (C=O) groups excluding carboxylic acids is 1. The van der Waals surface area contributed by atoms with Crippen molar-refractivity contribution in [3.8, 4) is 0 Å². The first kappa shape index (κ1) is 15.5. The highest BCUT2D eigenvalue weighted by Gasteiger charge is 2.26. The highest BCUT2D eigenvalue weighted by molar-refractivity contribution is 5.85. The number of nitrogens with two attached hydrogens (primary N) is 1. The maximum Gasteiger partial charge on any atom is 0.407 e. The van der Waals surface area contributed by atoms with Crippen LogP contribution in [0.3, 0.4) is 0 Å². The molecule has 16 heavy (non-hydrogen) atoms. The molecule has 0 aromatic rings. The van der Waals surface area contributed by atoms with Gasteiger partial charge in [0, 0.05) is 6.04 Å². The molecule has 0 spiro atoms. The quantitative estimate of drug-likeness (QED) is 0.789. The largest absolute Gasteiger partial charge is 0.444 e. The van der Waals surface area contributed by atoms with Crippen LogP contribution in [-0.4, -0.2) is 24.3 Å². The SMILES string of the molecule is CC(C)(C)OC(=O)N[C@H]1CC[C@@H](CN)C1.Cl. The van der Waals surface area contributed by atoms with Crippen molar-refractivity contribution in [1.82, 2.24) is 5.32 Å². The van der Waals surface area contributed by atoms with E-state index in [1.165, 1.54) is 0 Å². The Bertz CT molecular complexity index is 229. The van der Waals surface area contributed by atoms with Crippen molar-refractivity contribution >= 4 is 18.5 Å². The van der Waals surface area contributed by atoms with E-state index in [9.17, 15) is 4.79 Å². The summed E-state index contributed by atoms with van der Waals surface area (Å²) in [4.78, 5) is 11.4. The zero-order valence-corrected chi connectivity index (χ0v) is 11.1. The molecule has 0 aliphatic heterocycles. The van der Waals surface area contributed by atoms with E-state index in [1.807, 2.05) is 20.8 Å². The molecule has 2 atom stereocenters. The Morgan fingerprint density at radius 3 is 2.50 bits per heavy atom. The Hall–Kier alpha value is -0.480. The highest BCUT2D eigenvalue weighted by Crippen LogP contribution is 2.24. The van der Waals surface area contributed by atoms with Gasteiger partial charge in [-0.1, -0.05) is 0 Å². The number of carbonyl (C=O) groups is 1. The Morgan fingerprint density at radius 1 is 1.44 bits per heavy atom. The van der Waals surface area contributed by atoms with Gasteiger partial charge in [-0.05, 0) is 52.5 Å². The van der Waals surface area contributed by atoms with Crippen LogP contribution >= 0.6 is 12.4 Å². The van der Waals surface area contributed by atoms with Crippen molar-refractivity contribution < 1.29 is 9.53 Å². The lowest BCUT2D eigenvalue weighted by molar-refractivity contribution is 0.0504. The summed E-state index contributed by atoms with van der Waals surface area (Å²) < 4.78 is 5.19. The third kappa shape index (κ3) is 5.56. The molecular formula is C11H23ClN2O2. The second kappa shape index (κ2) is 6.30. The number of halogens is 1. The summed E-state index contributed by atoms with van der Waals surface area (Å²) >= 11 is 0. The molecule has 1 rings (SSSR count). The lowest BCUT2D eigenvalue weighted by atomic mass is 10.1. The minimum absolute atomic E-state index is 0. The van der Waals surface area contributed by atoms with Crippen LogP contribution in [0.2, 0.25) is 0 Å². The molecule has 1 amide bonds. The fourth-order valence-electron chi connectivity index (χ4n) is 1.89. The van der Waals surface area contributed by atoms with E-state index in [4.69, 9.17) is 10.5 Å². The summed E-state index contributed by atoms with van der Waals surface area (Å²) in [6, 6.07) is 0.244. The van der Waals surface area contributed by atoms with Gasteiger partial charge in [0.1, 0.15) is 5.60 Å². The van der Waals surface area contributed by atoms with E-state index in [0.29, 0.717) is 12.5 Å². The molecule has 0 radical (unpaired) electrons. The summed E-state index contributed by atoms with van der Waals surface area (Å²) in [6.45, 7) is 6.31. The van der Waals surface area contributed by atoms with E-state index in [-0.39, 0.29) is 24.5 Å².